The summed E-state index contributed by atoms with van der Waals surface area (Å²) in [6.07, 6.45) is 0.961. The highest BCUT2D eigenvalue weighted by molar-refractivity contribution is 5.25. The Hall–Kier alpha value is -1.00. The summed E-state index contributed by atoms with van der Waals surface area (Å²) >= 11 is 0. The van der Waals surface area contributed by atoms with E-state index in [1.807, 2.05) is 6.92 Å². The topological polar surface area (TPSA) is 38.0 Å². The summed E-state index contributed by atoms with van der Waals surface area (Å²) in [6.45, 7) is 2.05. The lowest BCUT2D eigenvalue weighted by Gasteiger charge is -2.17. The predicted molar refractivity (Wildman–Crippen MR) is 53.7 cm³/mol. The summed E-state index contributed by atoms with van der Waals surface area (Å²) in [6, 6.07) is 3.46. The lowest BCUT2D eigenvalue weighted by atomic mass is 10.0. The molecular weight excluding hydrogens is 198 g/mol. The molecule has 0 saturated heterocycles. The Kier molecular flexibility index (Phi) is 2.71. The Bertz CT molecular complexity index is 347. The summed E-state index contributed by atoms with van der Waals surface area (Å²) in [5.41, 5.74) is 2.58. The fraction of sp³-hybridized carbons (Fsp3) is 0.455. The van der Waals surface area contributed by atoms with Crippen molar-refractivity contribution in [1.29, 1.82) is 0 Å². The third-order valence-electron chi connectivity index (χ3n) is 3.09. The molecule has 0 spiro atoms. The van der Waals surface area contributed by atoms with Crippen LogP contribution in [0, 0.1) is 23.5 Å². The van der Waals surface area contributed by atoms with Gasteiger partial charge in [0.15, 0.2) is 0 Å². The molecule has 3 N–H and O–H groups in total. The van der Waals surface area contributed by atoms with Gasteiger partial charge in [-0.3, -0.25) is 11.3 Å². The molecule has 0 aromatic heterocycles. The molecule has 1 aliphatic carbocycles. The summed E-state index contributed by atoms with van der Waals surface area (Å²) in [5, 5.41) is 0. The number of nitrogens with one attached hydrogen (secondary N) is 1. The molecule has 2 rings (SSSR count). The lowest BCUT2D eigenvalue weighted by molar-refractivity contribution is 0.427. The van der Waals surface area contributed by atoms with E-state index in [9.17, 15) is 8.78 Å². The van der Waals surface area contributed by atoms with Crippen LogP contribution in [0.5, 0.6) is 0 Å². The number of rotatable bonds is 3. The molecule has 0 amide bonds. The smallest absolute Gasteiger partial charge is 0.130 e. The summed E-state index contributed by atoms with van der Waals surface area (Å²) in [4.78, 5) is 0. The van der Waals surface area contributed by atoms with E-state index in [2.05, 4.69) is 5.43 Å². The average Bonchev–Trinajstić information content (AvgIpc) is 2.89. The van der Waals surface area contributed by atoms with Crippen LogP contribution in [-0.2, 0) is 0 Å². The Balaban J connectivity index is 2.34. The molecular formula is C11H14F2N2. The van der Waals surface area contributed by atoms with Crippen LogP contribution in [0.4, 0.5) is 8.78 Å². The van der Waals surface area contributed by atoms with E-state index in [1.165, 1.54) is 18.2 Å². The van der Waals surface area contributed by atoms with Crippen molar-refractivity contribution in [2.45, 2.75) is 19.4 Å². The van der Waals surface area contributed by atoms with Crippen LogP contribution in [0.3, 0.4) is 0 Å². The van der Waals surface area contributed by atoms with Crippen molar-refractivity contribution in [3.8, 4) is 0 Å². The van der Waals surface area contributed by atoms with Gasteiger partial charge in [0.1, 0.15) is 11.6 Å². The third kappa shape index (κ3) is 1.87. The van der Waals surface area contributed by atoms with Crippen LogP contribution in [0.2, 0.25) is 0 Å². The van der Waals surface area contributed by atoms with Crippen LogP contribution in [0.1, 0.15) is 24.9 Å². The van der Waals surface area contributed by atoms with Crippen molar-refractivity contribution in [2.24, 2.45) is 17.7 Å². The van der Waals surface area contributed by atoms with Crippen molar-refractivity contribution in [3.05, 3.63) is 35.4 Å². The Labute approximate surface area is 87.4 Å². The Morgan fingerprint density at radius 1 is 1.40 bits per heavy atom. The fourth-order valence-electron chi connectivity index (χ4n) is 2.04. The minimum Gasteiger partial charge on any atom is -0.271 e. The minimum atomic E-state index is -0.531. The van der Waals surface area contributed by atoms with Gasteiger partial charge in [-0.1, -0.05) is 13.0 Å². The van der Waals surface area contributed by atoms with E-state index in [1.54, 1.807) is 0 Å². The maximum Gasteiger partial charge on any atom is 0.130 e. The first-order valence-electron chi connectivity index (χ1n) is 5.05. The first kappa shape index (κ1) is 10.5. The molecule has 2 nitrogen and oxygen atoms in total. The van der Waals surface area contributed by atoms with Crippen LogP contribution in [0.15, 0.2) is 18.2 Å². The molecule has 0 bridgehead atoms. The van der Waals surface area contributed by atoms with Crippen LogP contribution < -0.4 is 11.3 Å². The summed E-state index contributed by atoms with van der Waals surface area (Å²) < 4.78 is 26.9. The third-order valence-corrected chi connectivity index (χ3v) is 3.09. The van der Waals surface area contributed by atoms with E-state index in [-0.39, 0.29) is 11.5 Å². The van der Waals surface area contributed by atoms with Crippen molar-refractivity contribution < 1.29 is 8.78 Å². The highest BCUT2D eigenvalue weighted by atomic mass is 19.1. The summed E-state index contributed by atoms with van der Waals surface area (Å²) in [7, 11) is 0. The maximum absolute atomic E-state index is 13.5. The second-order valence-electron chi connectivity index (χ2n) is 4.16. The van der Waals surface area contributed by atoms with Gasteiger partial charge in [-0.05, 0) is 30.4 Å². The van der Waals surface area contributed by atoms with Gasteiger partial charge in [-0.15, -0.1) is 0 Å². The van der Waals surface area contributed by atoms with E-state index >= 15 is 0 Å². The number of hydrogen-bond donors (Lipinski definition) is 2. The molecule has 3 atom stereocenters. The predicted octanol–water partition coefficient (Wildman–Crippen LogP) is 2.13. The molecule has 3 unspecified atom stereocenters. The molecule has 15 heavy (non-hydrogen) atoms. The molecule has 0 radical (unpaired) electrons. The van der Waals surface area contributed by atoms with Gasteiger partial charge in [0.25, 0.3) is 0 Å². The SMILES string of the molecule is CC1CC1C(NN)c1c(F)cccc1F. The van der Waals surface area contributed by atoms with Gasteiger partial charge in [0.2, 0.25) is 0 Å². The largest absolute Gasteiger partial charge is 0.271 e. The molecule has 4 heteroatoms. The minimum absolute atomic E-state index is 0.0642. The molecule has 1 fully saturated rings. The molecule has 1 aliphatic rings. The normalized spacial score (nSPS) is 26.4. The van der Waals surface area contributed by atoms with E-state index in [0.717, 1.165) is 6.42 Å². The fourth-order valence-corrected chi connectivity index (χ4v) is 2.04. The van der Waals surface area contributed by atoms with Crippen molar-refractivity contribution in [3.63, 3.8) is 0 Å². The highest BCUT2D eigenvalue weighted by Gasteiger charge is 2.41. The number of benzene rings is 1. The quantitative estimate of drug-likeness (QED) is 0.595. The number of halogens is 2. The molecule has 0 aliphatic heterocycles. The summed E-state index contributed by atoms with van der Waals surface area (Å²) in [5.74, 6) is 5.02. The molecule has 1 aromatic carbocycles. The van der Waals surface area contributed by atoms with Crippen molar-refractivity contribution in [1.82, 2.24) is 5.43 Å². The molecule has 82 valence electrons. The van der Waals surface area contributed by atoms with Gasteiger partial charge in [0, 0.05) is 5.56 Å². The van der Waals surface area contributed by atoms with Crippen LogP contribution in [-0.4, -0.2) is 0 Å². The zero-order chi connectivity index (χ0) is 11.0. The van der Waals surface area contributed by atoms with E-state index in [4.69, 9.17) is 5.84 Å². The second kappa shape index (κ2) is 3.87. The van der Waals surface area contributed by atoms with Gasteiger partial charge in [0.05, 0.1) is 6.04 Å². The zero-order valence-electron chi connectivity index (χ0n) is 8.50. The van der Waals surface area contributed by atoms with Crippen LogP contribution >= 0.6 is 0 Å². The highest BCUT2D eigenvalue weighted by Crippen LogP contribution is 2.47. The van der Waals surface area contributed by atoms with Gasteiger partial charge in [-0.2, -0.15) is 0 Å². The first-order valence-corrected chi connectivity index (χ1v) is 5.05. The number of nitrogens with two attached hydrogens (primary N) is 1. The lowest BCUT2D eigenvalue weighted by Crippen LogP contribution is -2.31. The van der Waals surface area contributed by atoms with E-state index < -0.39 is 17.7 Å². The van der Waals surface area contributed by atoms with Crippen molar-refractivity contribution in [2.75, 3.05) is 0 Å². The van der Waals surface area contributed by atoms with Gasteiger partial charge >= 0.3 is 0 Å². The maximum atomic E-state index is 13.5. The number of hydrazine groups is 1. The standard InChI is InChI=1S/C11H14F2N2/c1-6-5-7(6)11(15-14)10-8(12)3-2-4-9(10)13/h2-4,6-7,11,15H,5,14H2,1H3. The van der Waals surface area contributed by atoms with Crippen molar-refractivity contribution >= 4 is 0 Å². The van der Waals surface area contributed by atoms with Gasteiger partial charge in [-0.25, -0.2) is 8.78 Å². The molecule has 1 aromatic rings. The number of hydrogen-bond acceptors (Lipinski definition) is 2. The Morgan fingerprint density at radius 2 is 1.93 bits per heavy atom. The zero-order valence-corrected chi connectivity index (χ0v) is 8.50. The van der Waals surface area contributed by atoms with Gasteiger partial charge < -0.3 is 0 Å². The second-order valence-corrected chi connectivity index (χ2v) is 4.16. The van der Waals surface area contributed by atoms with E-state index in [0.29, 0.717) is 5.92 Å². The Morgan fingerprint density at radius 3 is 2.33 bits per heavy atom. The monoisotopic (exact) mass is 212 g/mol. The molecule has 0 heterocycles. The van der Waals surface area contributed by atoms with Crippen LogP contribution in [0.25, 0.3) is 0 Å². The average molecular weight is 212 g/mol. The molecule has 1 saturated carbocycles. The first-order chi connectivity index (χ1) is 7.15.